The molecule has 1 atom stereocenters. The Balaban J connectivity index is 1.65. The first kappa shape index (κ1) is 14.0. The van der Waals surface area contributed by atoms with E-state index in [-0.39, 0.29) is 0 Å². The molecular weight excluding hydrogens is 274 g/mol. The molecule has 0 amide bonds. The average Bonchev–Trinajstić information content (AvgIpc) is 2.94. The molecule has 0 saturated carbocycles. The molecule has 3 aromatic rings. The first-order valence-electron chi connectivity index (χ1n) is 7.36. The minimum Gasteiger partial charge on any atom is -0.241 e. The van der Waals surface area contributed by atoms with Crippen LogP contribution in [-0.2, 0) is 12.8 Å². The van der Waals surface area contributed by atoms with E-state index in [1.807, 2.05) is 6.07 Å². The van der Waals surface area contributed by atoms with Gasteiger partial charge in [0.15, 0.2) is 0 Å². The number of aryl methyl sites for hydroxylation is 1. The highest BCUT2D eigenvalue weighted by atomic mass is 32.1. The summed E-state index contributed by atoms with van der Waals surface area (Å²) in [5.41, 5.74) is 2.51. The minimum atomic E-state index is 0.491. The van der Waals surface area contributed by atoms with Crippen LogP contribution in [0.25, 0.3) is 10.2 Å². The van der Waals surface area contributed by atoms with Crippen LogP contribution in [0.1, 0.15) is 17.0 Å². The van der Waals surface area contributed by atoms with Crippen molar-refractivity contribution in [1.29, 1.82) is 0 Å². The lowest BCUT2D eigenvalue weighted by molar-refractivity contribution is 0.588. The van der Waals surface area contributed by atoms with Crippen LogP contribution in [0.3, 0.4) is 0 Å². The van der Waals surface area contributed by atoms with Gasteiger partial charge in [-0.3, -0.25) is 0 Å². The molecule has 0 unspecified atom stereocenters. The molecule has 0 aliphatic rings. The molecule has 1 nitrogen and oxygen atoms in total. The van der Waals surface area contributed by atoms with Gasteiger partial charge >= 0.3 is 0 Å². The lowest BCUT2D eigenvalue weighted by atomic mass is 9.97. The summed E-state index contributed by atoms with van der Waals surface area (Å²) in [6, 6.07) is 19.0. The fourth-order valence-electron chi connectivity index (χ4n) is 2.53. The third-order valence-electron chi connectivity index (χ3n) is 3.75. The Morgan fingerprint density at radius 2 is 1.81 bits per heavy atom. The van der Waals surface area contributed by atoms with Crippen LogP contribution in [0, 0.1) is 5.92 Å². The molecule has 3 rings (SSSR count). The van der Waals surface area contributed by atoms with Gasteiger partial charge in [-0.1, -0.05) is 48.5 Å². The summed E-state index contributed by atoms with van der Waals surface area (Å²) in [5.74, 6) is 0.491. The van der Waals surface area contributed by atoms with Crippen molar-refractivity contribution in [3.63, 3.8) is 0 Å². The summed E-state index contributed by atoms with van der Waals surface area (Å²) >= 11 is 1.80. The summed E-state index contributed by atoms with van der Waals surface area (Å²) in [6.07, 6.45) is 5.30. The van der Waals surface area contributed by atoms with E-state index in [0.717, 1.165) is 24.8 Å². The Hall–Kier alpha value is -1.93. The molecular formula is C19H19NS. The molecule has 0 bridgehead atoms. The number of benzene rings is 2. The molecule has 1 heterocycles. The number of nitrogens with zero attached hydrogens (tertiary/aromatic N) is 1. The molecule has 0 radical (unpaired) electrons. The van der Waals surface area contributed by atoms with Crippen molar-refractivity contribution in [2.24, 2.45) is 5.92 Å². The average molecular weight is 293 g/mol. The molecule has 1 aromatic heterocycles. The van der Waals surface area contributed by atoms with Crippen LogP contribution in [0.5, 0.6) is 0 Å². The predicted molar refractivity (Wildman–Crippen MR) is 91.8 cm³/mol. The third-order valence-corrected chi connectivity index (χ3v) is 4.81. The van der Waals surface area contributed by atoms with Gasteiger partial charge in [0.05, 0.1) is 15.2 Å². The Morgan fingerprint density at radius 1 is 1.05 bits per heavy atom. The molecule has 2 aromatic carbocycles. The molecule has 0 aliphatic heterocycles. The smallest absolute Gasteiger partial charge is 0.0944 e. The normalized spacial score (nSPS) is 12.4. The second-order valence-corrected chi connectivity index (χ2v) is 6.41. The fraction of sp³-hybridized carbons (Fsp3) is 0.211. The lowest BCUT2D eigenvalue weighted by Gasteiger charge is -2.10. The van der Waals surface area contributed by atoms with Crippen molar-refractivity contribution < 1.29 is 0 Å². The van der Waals surface area contributed by atoms with E-state index in [4.69, 9.17) is 4.98 Å². The van der Waals surface area contributed by atoms with Crippen LogP contribution < -0.4 is 0 Å². The van der Waals surface area contributed by atoms with Crippen LogP contribution in [0.2, 0.25) is 0 Å². The van der Waals surface area contributed by atoms with Crippen LogP contribution >= 0.6 is 11.3 Å². The van der Waals surface area contributed by atoms with E-state index in [9.17, 15) is 0 Å². The van der Waals surface area contributed by atoms with Crippen molar-refractivity contribution in [2.75, 3.05) is 0 Å². The zero-order valence-electron chi connectivity index (χ0n) is 12.0. The number of rotatable bonds is 6. The first-order valence-corrected chi connectivity index (χ1v) is 8.18. The summed E-state index contributed by atoms with van der Waals surface area (Å²) < 4.78 is 1.28. The monoisotopic (exact) mass is 293 g/mol. The maximum absolute atomic E-state index is 4.73. The zero-order chi connectivity index (χ0) is 14.5. The van der Waals surface area contributed by atoms with Gasteiger partial charge in [-0.05, 0) is 36.5 Å². The maximum atomic E-state index is 4.73. The molecule has 0 N–H and O–H groups in total. The third kappa shape index (κ3) is 3.59. The SMILES string of the molecule is C=C[C@H](CCc1ccccc1)Cc1nc2ccccc2s1. The van der Waals surface area contributed by atoms with E-state index in [0.29, 0.717) is 5.92 Å². The maximum Gasteiger partial charge on any atom is 0.0944 e. The fourth-order valence-corrected chi connectivity index (χ4v) is 3.59. The second-order valence-electron chi connectivity index (χ2n) is 5.30. The number of para-hydroxylation sites is 1. The Labute approximate surface area is 130 Å². The standard InChI is InChI=1S/C19H19NS/c1-2-15(12-13-16-8-4-3-5-9-16)14-19-20-17-10-6-7-11-18(17)21-19/h2-11,15H,1,12-14H2/t15-/m1/s1. The predicted octanol–water partition coefficient (Wildman–Crippen LogP) is 5.27. The molecule has 2 heteroatoms. The topological polar surface area (TPSA) is 12.9 Å². The van der Waals surface area contributed by atoms with Crippen molar-refractivity contribution in [1.82, 2.24) is 4.98 Å². The van der Waals surface area contributed by atoms with E-state index >= 15 is 0 Å². The number of fused-ring (bicyclic) bond motifs is 1. The van der Waals surface area contributed by atoms with Crippen molar-refractivity contribution in [2.45, 2.75) is 19.3 Å². The minimum absolute atomic E-state index is 0.491. The summed E-state index contributed by atoms with van der Waals surface area (Å²) in [6.45, 7) is 4.00. The van der Waals surface area contributed by atoms with Crippen LogP contribution in [0.15, 0.2) is 67.3 Å². The van der Waals surface area contributed by atoms with Crippen molar-refractivity contribution in [3.05, 3.63) is 77.8 Å². The van der Waals surface area contributed by atoms with Crippen molar-refractivity contribution >= 4 is 21.6 Å². The molecule has 0 saturated heterocycles. The highest BCUT2D eigenvalue weighted by Gasteiger charge is 2.10. The number of hydrogen-bond acceptors (Lipinski definition) is 2. The van der Waals surface area contributed by atoms with Crippen molar-refractivity contribution in [3.8, 4) is 0 Å². The summed E-state index contributed by atoms with van der Waals surface area (Å²) in [4.78, 5) is 4.73. The quantitative estimate of drug-likeness (QED) is 0.564. The Bertz CT molecular complexity index is 682. The first-order chi connectivity index (χ1) is 10.3. The van der Waals surface area contributed by atoms with Gasteiger partial charge in [0, 0.05) is 6.42 Å². The summed E-state index contributed by atoms with van der Waals surface area (Å²) in [5, 5.41) is 1.22. The van der Waals surface area contributed by atoms with E-state index in [1.54, 1.807) is 11.3 Å². The van der Waals surface area contributed by atoms with Gasteiger partial charge < -0.3 is 0 Å². The lowest BCUT2D eigenvalue weighted by Crippen LogP contribution is -2.02. The van der Waals surface area contributed by atoms with Gasteiger partial charge in [-0.25, -0.2) is 4.98 Å². The van der Waals surface area contributed by atoms with Crippen LogP contribution in [0.4, 0.5) is 0 Å². The molecule has 21 heavy (non-hydrogen) atoms. The Morgan fingerprint density at radius 3 is 2.57 bits per heavy atom. The summed E-state index contributed by atoms with van der Waals surface area (Å²) in [7, 11) is 0. The highest BCUT2D eigenvalue weighted by Crippen LogP contribution is 2.25. The van der Waals surface area contributed by atoms with E-state index in [2.05, 4.69) is 61.2 Å². The molecule has 0 fully saturated rings. The van der Waals surface area contributed by atoms with Gasteiger partial charge in [0.2, 0.25) is 0 Å². The van der Waals surface area contributed by atoms with Gasteiger partial charge in [0.1, 0.15) is 0 Å². The van der Waals surface area contributed by atoms with Crippen LogP contribution in [-0.4, -0.2) is 4.98 Å². The number of allylic oxidation sites excluding steroid dienone is 1. The van der Waals surface area contributed by atoms with E-state index < -0.39 is 0 Å². The number of aromatic nitrogens is 1. The largest absolute Gasteiger partial charge is 0.241 e. The second kappa shape index (κ2) is 6.68. The molecule has 0 spiro atoms. The van der Waals surface area contributed by atoms with Gasteiger partial charge in [0.25, 0.3) is 0 Å². The van der Waals surface area contributed by atoms with E-state index in [1.165, 1.54) is 15.3 Å². The molecule has 106 valence electrons. The molecule has 0 aliphatic carbocycles. The highest BCUT2D eigenvalue weighted by molar-refractivity contribution is 7.18. The zero-order valence-corrected chi connectivity index (χ0v) is 12.9. The van der Waals surface area contributed by atoms with Gasteiger partial charge in [-0.2, -0.15) is 0 Å². The number of hydrogen-bond donors (Lipinski definition) is 0. The number of thiazole rings is 1. The van der Waals surface area contributed by atoms with Gasteiger partial charge in [-0.15, -0.1) is 17.9 Å². The Kier molecular flexibility index (Phi) is 4.46.